The lowest BCUT2D eigenvalue weighted by Gasteiger charge is -2.32. The molecule has 1 saturated heterocycles. The van der Waals surface area contributed by atoms with Crippen LogP contribution >= 0.6 is 0 Å². The Bertz CT molecular complexity index is 1190. The zero-order chi connectivity index (χ0) is 23.3. The summed E-state index contributed by atoms with van der Waals surface area (Å²) in [7, 11) is 0. The number of nitrogens with one attached hydrogen (secondary N) is 1. The van der Waals surface area contributed by atoms with E-state index in [2.05, 4.69) is 15.5 Å². The van der Waals surface area contributed by atoms with Crippen LogP contribution in [0.15, 0.2) is 101 Å². The lowest BCUT2D eigenvalue weighted by molar-refractivity contribution is -0.146. The van der Waals surface area contributed by atoms with Crippen LogP contribution in [0.2, 0.25) is 0 Å². The summed E-state index contributed by atoms with van der Waals surface area (Å²) in [6.45, 7) is 3.52. The Hall–Kier alpha value is -4.26. The third-order valence-electron chi connectivity index (χ3n) is 5.29. The minimum atomic E-state index is -1.52. The number of hydrogen-bond acceptors (Lipinski definition) is 6. The maximum Gasteiger partial charge on any atom is 0.338 e. The molecule has 0 radical (unpaired) electrons. The second kappa shape index (κ2) is 9.48. The summed E-state index contributed by atoms with van der Waals surface area (Å²) in [5, 5.41) is 4.53. The van der Waals surface area contributed by atoms with Crippen molar-refractivity contribution in [2.45, 2.75) is 19.4 Å². The monoisotopic (exact) mass is 440 g/mol. The number of aliphatic imine (C=N–C) groups is 1. The minimum Gasteiger partial charge on any atom is -0.464 e. The van der Waals surface area contributed by atoms with Crippen molar-refractivity contribution in [1.29, 1.82) is 0 Å². The Morgan fingerprint density at radius 3 is 2.12 bits per heavy atom. The van der Waals surface area contributed by atoms with Gasteiger partial charge >= 0.3 is 5.97 Å². The number of amides is 1. The molecule has 0 aliphatic carbocycles. The largest absolute Gasteiger partial charge is 0.464 e. The van der Waals surface area contributed by atoms with E-state index in [1.165, 1.54) is 4.90 Å². The van der Waals surface area contributed by atoms with Gasteiger partial charge in [0.2, 0.25) is 0 Å². The molecule has 0 spiro atoms. The number of rotatable bonds is 6. The molecular weight excluding hydrogens is 416 g/mol. The zero-order valence-corrected chi connectivity index (χ0v) is 18.4. The number of esters is 1. The van der Waals surface area contributed by atoms with Gasteiger partial charge in [-0.3, -0.25) is 15.1 Å². The van der Waals surface area contributed by atoms with Crippen molar-refractivity contribution >= 4 is 40.4 Å². The molecule has 166 valence electrons. The molecule has 1 fully saturated rings. The molecule has 1 aliphatic rings. The van der Waals surface area contributed by atoms with E-state index >= 15 is 0 Å². The molecule has 1 amide bonds. The molecule has 1 unspecified atom stereocenters. The molecule has 1 atom stereocenters. The van der Waals surface area contributed by atoms with Crippen LogP contribution in [-0.4, -0.2) is 35.4 Å². The summed E-state index contributed by atoms with van der Waals surface area (Å²) in [5.41, 5.74) is 3.53. The highest BCUT2D eigenvalue weighted by atomic mass is 16.5. The number of hydrogen-bond donors (Lipinski definition) is 1. The SMILES string of the molecule is CCOC(=O)C1(C)C(=NNc2ccccc2)C(=Nc2ccccc2)C(=O)N1c1ccccc1. The lowest BCUT2D eigenvalue weighted by Crippen LogP contribution is -2.55. The fourth-order valence-corrected chi connectivity index (χ4v) is 3.69. The number of carbonyl (C=O) groups excluding carboxylic acids is 2. The smallest absolute Gasteiger partial charge is 0.338 e. The summed E-state index contributed by atoms with van der Waals surface area (Å²) >= 11 is 0. The Labute approximate surface area is 192 Å². The van der Waals surface area contributed by atoms with Gasteiger partial charge in [0, 0.05) is 5.69 Å². The molecule has 3 aromatic rings. The number of carbonyl (C=O) groups is 2. The first-order valence-corrected chi connectivity index (χ1v) is 10.7. The first-order chi connectivity index (χ1) is 16.1. The summed E-state index contributed by atoms with van der Waals surface area (Å²) in [5.74, 6) is -1.02. The van der Waals surface area contributed by atoms with Gasteiger partial charge in [0.25, 0.3) is 5.91 Å². The van der Waals surface area contributed by atoms with Crippen LogP contribution in [0.5, 0.6) is 0 Å². The van der Waals surface area contributed by atoms with Crippen molar-refractivity contribution in [1.82, 2.24) is 0 Å². The maximum absolute atomic E-state index is 13.7. The number of para-hydroxylation sites is 3. The van der Waals surface area contributed by atoms with Gasteiger partial charge in [0.1, 0.15) is 5.71 Å². The number of nitrogens with zero attached hydrogens (tertiary/aromatic N) is 3. The average Bonchev–Trinajstić information content (AvgIpc) is 3.06. The van der Waals surface area contributed by atoms with Crippen molar-refractivity contribution in [3.63, 3.8) is 0 Å². The highest BCUT2D eigenvalue weighted by Gasteiger charge is 2.58. The molecular formula is C26H24N4O3. The van der Waals surface area contributed by atoms with Crippen LogP contribution in [0.1, 0.15) is 13.8 Å². The van der Waals surface area contributed by atoms with Crippen LogP contribution in [0.3, 0.4) is 0 Å². The van der Waals surface area contributed by atoms with Gasteiger partial charge < -0.3 is 4.74 Å². The zero-order valence-electron chi connectivity index (χ0n) is 18.4. The van der Waals surface area contributed by atoms with Crippen molar-refractivity contribution in [3.05, 3.63) is 91.0 Å². The van der Waals surface area contributed by atoms with E-state index in [0.29, 0.717) is 17.1 Å². The first kappa shape index (κ1) is 22.0. The van der Waals surface area contributed by atoms with Gasteiger partial charge in [0.05, 0.1) is 18.0 Å². The minimum absolute atomic E-state index is 0.0732. The summed E-state index contributed by atoms with van der Waals surface area (Å²) < 4.78 is 5.41. The predicted octanol–water partition coefficient (Wildman–Crippen LogP) is 4.60. The van der Waals surface area contributed by atoms with Gasteiger partial charge in [-0.15, -0.1) is 0 Å². The van der Waals surface area contributed by atoms with Gasteiger partial charge in [0.15, 0.2) is 11.3 Å². The van der Waals surface area contributed by atoms with Crippen LogP contribution < -0.4 is 10.3 Å². The van der Waals surface area contributed by atoms with E-state index < -0.39 is 17.4 Å². The Balaban J connectivity index is 1.91. The standard InChI is InChI=1S/C26H24N4O3/c1-3-33-25(32)26(2)23(29-28-20-15-9-5-10-16-20)22(27-19-13-7-4-8-14-19)24(31)30(26)21-17-11-6-12-18-21/h4-18,28H,3H2,1-2H3. The molecule has 7 nitrogen and oxygen atoms in total. The van der Waals surface area contributed by atoms with Gasteiger partial charge in [-0.05, 0) is 50.2 Å². The van der Waals surface area contributed by atoms with Crippen LogP contribution in [0.4, 0.5) is 17.1 Å². The fourth-order valence-electron chi connectivity index (χ4n) is 3.69. The van der Waals surface area contributed by atoms with E-state index in [0.717, 1.165) is 0 Å². The number of hydrazone groups is 1. The molecule has 1 aliphatic heterocycles. The molecule has 4 rings (SSSR count). The van der Waals surface area contributed by atoms with Crippen molar-refractivity contribution < 1.29 is 14.3 Å². The predicted molar refractivity (Wildman–Crippen MR) is 130 cm³/mol. The Kier molecular flexibility index (Phi) is 6.31. The molecule has 3 aromatic carbocycles. The first-order valence-electron chi connectivity index (χ1n) is 10.7. The number of anilines is 2. The quantitative estimate of drug-likeness (QED) is 0.449. The van der Waals surface area contributed by atoms with Gasteiger partial charge in [-0.1, -0.05) is 54.6 Å². The highest BCUT2D eigenvalue weighted by Crippen LogP contribution is 2.34. The Morgan fingerprint density at radius 1 is 0.939 bits per heavy atom. The van der Waals surface area contributed by atoms with Crippen molar-refractivity contribution in [2.24, 2.45) is 10.1 Å². The number of benzene rings is 3. The van der Waals surface area contributed by atoms with Crippen molar-refractivity contribution in [3.8, 4) is 0 Å². The molecule has 1 heterocycles. The molecule has 0 saturated carbocycles. The normalized spacial score (nSPS) is 20.3. The molecule has 0 aromatic heterocycles. The molecule has 1 N–H and O–H groups in total. The van der Waals surface area contributed by atoms with Crippen LogP contribution in [-0.2, 0) is 14.3 Å². The van der Waals surface area contributed by atoms with E-state index in [4.69, 9.17) is 4.74 Å². The Morgan fingerprint density at radius 2 is 1.52 bits per heavy atom. The van der Waals surface area contributed by atoms with Gasteiger partial charge in [-0.2, -0.15) is 5.10 Å². The fraction of sp³-hybridized carbons (Fsp3) is 0.154. The van der Waals surface area contributed by atoms with Crippen molar-refractivity contribution in [2.75, 3.05) is 16.9 Å². The third kappa shape index (κ3) is 4.25. The summed E-state index contributed by atoms with van der Waals surface area (Å²) in [4.78, 5) is 33.1. The number of ether oxygens (including phenoxy) is 1. The molecule has 0 bridgehead atoms. The van der Waals surface area contributed by atoms with E-state index in [1.54, 1.807) is 50.2 Å². The molecule has 7 heteroatoms. The second-order valence-corrected chi connectivity index (χ2v) is 7.50. The summed E-state index contributed by atoms with van der Waals surface area (Å²) in [6.07, 6.45) is 0. The topological polar surface area (TPSA) is 83.4 Å². The van der Waals surface area contributed by atoms with Crippen LogP contribution in [0, 0.1) is 0 Å². The highest BCUT2D eigenvalue weighted by molar-refractivity contribution is 6.77. The third-order valence-corrected chi connectivity index (χ3v) is 5.29. The maximum atomic E-state index is 13.7. The lowest BCUT2D eigenvalue weighted by atomic mass is 9.95. The average molecular weight is 441 g/mol. The summed E-state index contributed by atoms with van der Waals surface area (Å²) in [6, 6.07) is 27.4. The molecule has 33 heavy (non-hydrogen) atoms. The van der Waals surface area contributed by atoms with E-state index in [9.17, 15) is 9.59 Å². The van der Waals surface area contributed by atoms with E-state index in [-0.39, 0.29) is 18.0 Å². The van der Waals surface area contributed by atoms with Gasteiger partial charge in [-0.25, -0.2) is 9.79 Å². The second-order valence-electron chi connectivity index (χ2n) is 7.50. The van der Waals surface area contributed by atoms with E-state index in [1.807, 2.05) is 54.6 Å². The van der Waals surface area contributed by atoms with Crippen LogP contribution in [0.25, 0.3) is 0 Å².